The Kier molecular flexibility index (Phi) is 5.64. The van der Waals surface area contributed by atoms with Crippen molar-refractivity contribution in [3.8, 4) is 28.5 Å². The minimum absolute atomic E-state index is 0.0765. The third kappa shape index (κ3) is 4.07. The summed E-state index contributed by atoms with van der Waals surface area (Å²) < 4.78 is 13.2. The summed E-state index contributed by atoms with van der Waals surface area (Å²) in [5.41, 5.74) is 16.7. The molecule has 0 bridgehead atoms. The van der Waals surface area contributed by atoms with Crippen molar-refractivity contribution in [2.45, 2.75) is 6.92 Å². The van der Waals surface area contributed by atoms with Gasteiger partial charge in [-0.25, -0.2) is 14.4 Å². The van der Waals surface area contributed by atoms with Gasteiger partial charge in [0, 0.05) is 21.9 Å². The normalized spacial score (nSPS) is 10.9. The van der Waals surface area contributed by atoms with Crippen LogP contribution in [0.15, 0.2) is 53.9 Å². The molecule has 0 spiro atoms. The summed E-state index contributed by atoms with van der Waals surface area (Å²) in [5.74, 6) is -0.707. The van der Waals surface area contributed by atoms with Gasteiger partial charge in [0.2, 0.25) is 0 Å². The minimum Gasteiger partial charge on any atom is -0.397 e. The van der Waals surface area contributed by atoms with Crippen LogP contribution in [0.3, 0.4) is 0 Å². The Hall–Kier alpha value is -4.33. The van der Waals surface area contributed by atoms with Gasteiger partial charge in [-0.05, 0) is 36.8 Å². The summed E-state index contributed by atoms with van der Waals surface area (Å²) in [6.07, 6.45) is 0. The topological polar surface area (TPSA) is 131 Å². The first-order valence-electron chi connectivity index (χ1n) is 10.4. The zero-order valence-electron chi connectivity index (χ0n) is 18.3. The average Bonchev–Trinajstić information content (AvgIpc) is 3.43. The van der Waals surface area contributed by atoms with Gasteiger partial charge in [0.1, 0.15) is 33.0 Å². The number of anilines is 3. The molecule has 5 N–H and O–H groups in total. The van der Waals surface area contributed by atoms with E-state index in [0.717, 1.165) is 28.0 Å². The molecule has 3 heterocycles. The highest BCUT2D eigenvalue weighted by atomic mass is 32.1. The number of amides is 1. The van der Waals surface area contributed by atoms with Crippen LogP contribution in [0, 0.1) is 24.1 Å². The number of aryl methyl sites for hydroxylation is 1. The van der Waals surface area contributed by atoms with Crippen molar-refractivity contribution in [2.75, 3.05) is 16.8 Å². The molecule has 35 heavy (non-hydrogen) atoms. The van der Waals surface area contributed by atoms with E-state index >= 15 is 0 Å². The molecule has 5 rings (SSSR count). The standard InChI is InChI=1S/C25H17FN6OS2/c1-12-2-4-14(5-3-12)18-16(10-27)22(29)31-24-19(18)20(28)21(35-24)23(33)32-25-30-17(11-34-25)13-6-8-15(26)9-7-13/h2-9,11H,28H2,1H3,(H2,29,31)(H,30,32,33). The quantitative estimate of drug-likeness (QED) is 0.285. The predicted molar refractivity (Wildman–Crippen MR) is 139 cm³/mol. The Morgan fingerprint density at radius 1 is 1.06 bits per heavy atom. The third-order valence-corrected chi connectivity index (χ3v) is 7.28. The number of nitrogens with two attached hydrogens (primary N) is 2. The van der Waals surface area contributed by atoms with E-state index in [0.29, 0.717) is 26.6 Å². The second-order valence-corrected chi connectivity index (χ2v) is 9.61. The van der Waals surface area contributed by atoms with Crippen LogP contribution in [0.2, 0.25) is 0 Å². The first kappa shape index (κ1) is 22.5. The summed E-state index contributed by atoms with van der Waals surface area (Å²) in [5, 5.41) is 15.2. The highest BCUT2D eigenvalue weighted by Gasteiger charge is 2.24. The summed E-state index contributed by atoms with van der Waals surface area (Å²) in [6, 6.07) is 15.7. The number of nitrogens with zero attached hydrogens (tertiary/aromatic N) is 3. The van der Waals surface area contributed by atoms with Gasteiger partial charge in [0.15, 0.2) is 5.13 Å². The van der Waals surface area contributed by atoms with E-state index in [2.05, 4.69) is 21.4 Å². The maximum absolute atomic E-state index is 13.2. The minimum atomic E-state index is -0.447. The maximum atomic E-state index is 13.2. The van der Waals surface area contributed by atoms with Crippen LogP contribution in [0.5, 0.6) is 0 Å². The van der Waals surface area contributed by atoms with E-state index in [4.69, 9.17) is 11.5 Å². The number of nitriles is 1. The van der Waals surface area contributed by atoms with Crippen molar-refractivity contribution in [1.29, 1.82) is 5.26 Å². The number of nitrogen functional groups attached to an aromatic ring is 2. The number of carbonyl (C=O) groups is 1. The molecule has 0 fully saturated rings. The van der Waals surface area contributed by atoms with Crippen molar-refractivity contribution in [1.82, 2.24) is 9.97 Å². The molecule has 0 aliphatic carbocycles. The number of benzene rings is 2. The second-order valence-electron chi connectivity index (χ2n) is 7.75. The molecule has 0 atom stereocenters. The van der Waals surface area contributed by atoms with Crippen LogP contribution < -0.4 is 16.8 Å². The van der Waals surface area contributed by atoms with Gasteiger partial charge in [-0.3, -0.25) is 10.1 Å². The smallest absolute Gasteiger partial charge is 0.269 e. The van der Waals surface area contributed by atoms with Gasteiger partial charge >= 0.3 is 0 Å². The number of hydrogen-bond donors (Lipinski definition) is 3. The molecule has 0 saturated carbocycles. The van der Waals surface area contributed by atoms with Crippen molar-refractivity contribution in [3.05, 3.63) is 75.7 Å². The lowest BCUT2D eigenvalue weighted by atomic mass is 9.96. The lowest BCUT2D eigenvalue weighted by Crippen LogP contribution is -2.11. The van der Waals surface area contributed by atoms with Gasteiger partial charge in [-0.15, -0.1) is 22.7 Å². The van der Waals surface area contributed by atoms with Crippen molar-refractivity contribution < 1.29 is 9.18 Å². The van der Waals surface area contributed by atoms with E-state index in [-0.39, 0.29) is 27.8 Å². The summed E-state index contributed by atoms with van der Waals surface area (Å²) in [4.78, 5) is 22.6. The van der Waals surface area contributed by atoms with Gasteiger partial charge in [-0.2, -0.15) is 5.26 Å². The number of carbonyl (C=O) groups excluding carboxylic acids is 1. The molecule has 0 radical (unpaired) electrons. The van der Waals surface area contributed by atoms with Gasteiger partial charge in [0.05, 0.1) is 11.4 Å². The number of nitrogens with one attached hydrogen (secondary N) is 1. The number of halogens is 1. The lowest BCUT2D eigenvalue weighted by Gasteiger charge is -2.10. The molecular weight excluding hydrogens is 483 g/mol. The molecule has 10 heteroatoms. The molecule has 0 aliphatic heterocycles. The SMILES string of the molecule is Cc1ccc(-c2c(C#N)c(N)nc3sc(C(=O)Nc4nc(-c5ccc(F)cc5)cs4)c(N)c23)cc1. The lowest BCUT2D eigenvalue weighted by molar-refractivity contribution is 0.103. The molecular formula is C25H17FN6OS2. The number of thiophene rings is 1. The van der Waals surface area contributed by atoms with Crippen LogP contribution in [0.25, 0.3) is 32.6 Å². The summed E-state index contributed by atoms with van der Waals surface area (Å²) in [6.45, 7) is 1.97. The number of thiazole rings is 1. The van der Waals surface area contributed by atoms with E-state index in [1.54, 1.807) is 17.5 Å². The van der Waals surface area contributed by atoms with Gasteiger partial charge in [-0.1, -0.05) is 29.8 Å². The third-order valence-electron chi connectivity index (χ3n) is 5.43. The molecule has 0 aliphatic rings. The number of rotatable bonds is 4. The fraction of sp³-hybridized carbons (Fsp3) is 0.0400. The van der Waals surface area contributed by atoms with Crippen LogP contribution in [0.4, 0.5) is 21.0 Å². The number of pyridine rings is 1. The first-order chi connectivity index (χ1) is 16.9. The second kappa shape index (κ2) is 8.79. The van der Waals surface area contributed by atoms with E-state index in [9.17, 15) is 14.4 Å². The largest absolute Gasteiger partial charge is 0.397 e. The predicted octanol–water partition coefficient (Wildman–Crippen LogP) is 5.82. The molecule has 5 aromatic rings. The fourth-order valence-electron chi connectivity index (χ4n) is 3.70. The molecule has 0 saturated heterocycles. The Morgan fingerprint density at radius 3 is 2.43 bits per heavy atom. The van der Waals surface area contributed by atoms with Crippen LogP contribution in [-0.2, 0) is 0 Å². The van der Waals surface area contributed by atoms with E-state index < -0.39 is 5.91 Å². The average molecular weight is 501 g/mol. The zero-order chi connectivity index (χ0) is 24.7. The van der Waals surface area contributed by atoms with Gasteiger partial charge < -0.3 is 11.5 Å². The molecule has 7 nitrogen and oxygen atoms in total. The number of hydrogen-bond acceptors (Lipinski definition) is 8. The van der Waals surface area contributed by atoms with Crippen molar-refractivity contribution in [2.24, 2.45) is 0 Å². The summed E-state index contributed by atoms with van der Waals surface area (Å²) in [7, 11) is 0. The number of aromatic nitrogens is 2. The highest BCUT2D eigenvalue weighted by Crippen LogP contribution is 2.43. The van der Waals surface area contributed by atoms with Crippen molar-refractivity contribution >= 4 is 55.4 Å². The van der Waals surface area contributed by atoms with E-state index in [1.807, 2.05) is 31.2 Å². The van der Waals surface area contributed by atoms with Crippen LogP contribution in [-0.4, -0.2) is 15.9 Å². The molecule has 1 amide bonds. The first-order valence-corrected chi connectivity index (χ1v) is 12.1. The molecule has 2 aromatic carbocycles. The molecule has 172 valence electrons. The van der Waals surface area contributed by atoms with Gasteiger partial charge in [0.25, 0.3) is 5.91 Å². The van der Waals surface area contributed by atoms with Crippen LogP contribution in [0.1, 0.15) is 20.8 Å². The van der Waals surface area contributed by atoms with Crippen molar-refractivity contribution in [3.63, 3.8) is 0 Å². The Balaban J connectivity index is 1.54. The zero-order valence-corrected chi connectivity index (χ0v) is 19.9. The van der Waals surface area contributed by atoms with Crippen LogP contribution >= 0.6 is 22.7 Å². The number of fused-ring (bicyclic) bond motifs is 1. The molecule has 0 unspecified atom stereocenters. The van der Waals surface area contributed by atoms with E-state index in [1.165, 1.54) is 23.5 Å². The molecule has 3 aromatic heterocycles. The fourth-order valence-corrected chi connectivity index (χ4v) is 5.42. The Morgan fingerprint density at radius 2 is 1.74 bits per heavy atom. The Bertz CT molecular complexity index is 1630. The highest BCUT2D eigenvalue weighted by molar-refractivity contribution is 7.21. The Labute approximate surface area is 207 Å². The maximum Gasteiger partial charge on any atom is 0.269 e. The summed E-state index contributed by atoms with van der Waals surface area (Å²) >= 11 is 2.34. The monoisotopic (exact) mass is 500 g/mol.